The van der Waals surface area contributed by atoms with E-state index in [4.69, 9.17) is 12.2 Å². The van der Waals surface area contributed by atoms with Crippen LogP contribution in [0.1, 0.15) is 12.5 Å². The summed E-state index contributed by atoms with van der Waals surface area (Å²) in [4.78, 5) is 35.3. The van der Waals surface area contributed by atoms with Crippen molar-refractivity contribution in [1.29, 1.82) is 0 Å². The van der Waals surface area contributed by atoms with Crippen molar-refractivity contribution < 1.29 is 18.9 Å². The van der Waals surface area contributed by atoms with Gasteiger partial charge in [0.05, 0.1) is 10.6 Å². The van der Waals surface area contributed by atoms with Crippen LogP contribution in [-0.2, 0) is 10.3 Å². The number of carbonyl (C=O) groups excluding carboxylic acids is 2. The van der Waals surface area contributed by atoms with Crippen LogP contribution in [0.25, 0.3) is 0 Å². The third-order valence-electron chi connectivity index (χ3n) is 4.18. The normalized spacial score (nSPS) is 18.6. The second kappa shape index (κ2) is 7.19. The van der Waals surface area contributed by atoms with Crippen LogP contribution in [0.4, 0.5) is 20.6 Å². The Morgan fingerprint density at radius 2 is 1.86 bits per heavy atom. The summed E-state index contributed by atoms with van der Waals surface area (Å²) in [5.74, 6) is -1.23. The Bertz CT molecular complexity index is 984. The largest absolute Gasteiger partial charge is 0.344 e. The number of anilines is 1. The third-order valence-corrected chi connectivity index (χ3v) is 4.38. The fourth-order valence-corrected chi connectivity index (χ4v) is 2.87. The van der Waals surface area contributed by atoms with Crippen LogP contribution in [0.2, 0.25) is 0 Å². The van der Waals surface area contributed by atoms with Crippen LogP contribution in [-0.4, -0.2) is 27.0 Å². The topological polar surface area (TPSA) is 117 Å². The Kier molecular flexibility index (Phi) is 4.92. The van der Waals surface area contributed by atoms with Gasteiger partial charge >= 0.3 is 6.03 Å². The number of nitrogens with zero attached hydrogens (tertiary/aromatic N) is 2. The number of rotatable bonds is 4. The number of carbonyl (C=O) groups is 2. The first-order valence-electron chi connectivity index (χ1n) is 7.96. The number of para-hydroxylation sites is 1. The first kappa shape index (κ1) is 19.2. The molecule has 0 aromatic heterocycles. The van der Waals surface area contributed by atoms with E-state index in [0.717, 1.165) is 0 Å². The average Bonchev–Trinajstić information content (AvgIpc) is 2.88. The molecule has 3 amide bonds. The Morgan fingerprint density at radius 3 is 2.46 bits per heavy atom. The highest BCUT2D eigenvalue weighted by Gasteiger charge is 2.49. The van der Waals surface area contributed by atoms with Crippen LogP contribution >= 0.6 is 12.2 Å². The van der Waals surface area contributed by atoms with Crippen LogP contribution in [0.15, 0.2) is 48.5 Å². The summed E-state index contributed by atoms with van der Waals surface area (Å²) in [5, 5.41) is 16.4. The van der Waals surface area contributed by atoms with Crippen molar-refractivity contribution in [2.75, 3.05) is 5.32 Å². The van der Waals surface area contributed by atoms with Crippen molar-refractivity contribution in [3.05, 3.63) is 70.0 Å². The van der Waals surface area contributed by atoms with E-state index in [1.807, 2.05) is 0 Å². The fraction of sp³-hybridized carbons (Fsp3) is 0.118. The molecule has 0 radical (unpaired) electrons. The Balaban J connectivity index is 1.76. The summed E-state index contributed by atoms with van der Waals surface area (Å²) in [6, 6.07) is 10.2. The molecule has 0 saturated carbocycles. The van der Waals surface area contributed by atoms with E-state index in [1.54, 1.807) is 6.07 Å². The summed E-state index contributed by atoms with van der Waals surface area (Å²) in [6.45, 7) is 1.46. The highest BCUT2D eigenvalue weighted by atomic mass is 32.1. The molecule has 1 aliphatic rings. The summed E-state index contributed by atoms with van der Waals surface area (Å²) in [5.41, 5.74) is 1.26. The molecule has 0 spiro atoms. The summed E-state index contributed by atoms with van der Waals surface area (Å²) >= 11 is 5.04. The fourth-order valence-electron chi connectivity index (χ4n) is 2.67. The van der Waals surface area contributed by atoms with Crippen LogP contribution in [0, 0.1) is 15.9 Å². The van der Waals surface area contributed by atoms with Gasteiger partial charge < -0.3 is 10.6 Å². The van der Waals surface area contributed by atoms with Crippen molar-refractivity contribution in [2.45, 2.75) is 12.5 Å². The molecule has 28 heavy (non-hydrogen) atoms. The lowest BCUT2D eigenvalue weighted by atomic mass is 9.92. The standard InChI is InChI=1S/C17H14FN5O4S/c1-17(10-6-8-11(9-7-10)23(26)27)14(24)22(16(25)20-17)21-15(28)19-13-5-3-2-4-12(13)18/h2-9H,1H3,(H,20,25)(H2,19,21,28)/t17-/m0/s1. The molecule has 2 aromatic carbocycles. The molecule has 1 fully saturated rings. The van der Waals surface area contributed by atoms with E-state index < -0.39 is 28.2 Å². The molecule has 1 aliphatic heterocycles. The number of hydrogen-bond acceptors (Lipinski definition) is 5. The van der Waals surface area contributed by atoms with Crippen LogP contribution < -0.4 is 16.1 Å². The number of halogens is 1. The number of hydrogen-bond donors (Lipinski definition) is 3. The number of thiocarbonyl (C=S) groups is 1. The number of benzene rings is 2. The summed E-state index contributed by atoms with van der Waals surface area (Å²) < 4.78 is 13.7. The van der Waals surface area contributed by atoms with E-state index in [2.05, 4.69) is 16.1 Å². The van der Waals surface area contributed by atoms with Crippen LogP contribution in [0.3, 0.4) is 0 Å². The smallest absolute Gasteiger partial charge is 0.329 e. The van der Waals surface area contributed by atoms with Crippen LogP contribution in [0.5, 0.6) is 0 Å². The molecule has 0 bridgehead atoms. The molecule has 9 nitrogen and oxygen atoms in total. The second-order valence-electron chi connectivity index (χ2n) is 6.05. The minimum Gasteiger partial charge on any atom is -0.329 e. The number of non-ortho nitro benzene ring substituents is 1. The van der Waals surface area contributed by atoms with Gasteiger partial charge in [0, 0.05) is 12.1 Å². The molecule has 11 heteroatoms. The zero-order chi connectivity index (χ0) is 20.5. The van der Waals surface area contributed by atoms with Gasteiger partial charge in [-0.3, -0.25) is 20.3 Å². The molecule has 1 heterocycles. The Morgan fingerprint density at radius 1 is 1.21 bits per heavy atom. The molecule has 3 N–H and O–H groups in total. The highest BCUT2D eigenvalue weighted by molar-refractivity contribution is 7.80. The number of amides is 3. The minimum atomic E-state index is -1.45. The number of nitro benzene ring substituents is 1. The lowest BCUT2D eigenvalue weighted by Crippen LogP contribution is -2.49. The van der Waals surface area contributed by atoms with Gasteiger partial charge in [0.25, 0.3) is 11.6 Å². The monoisotopic (exact) mass is 403 g/mol. The maximum atomic E-state index is 13.7. The number of hydrazine groups is 1. The molecule has 144 valence electrons. The zero-order valence-corrected chi connectivity index (χ0v) is 15.2. The van der Waals surface area contributed by atoms with E-state index in [0.29, 0.717) is 10.6 Å². The number of urea groups is 1. The molecule has 3 rings (SSSR count). The average molecular weight is 403 g/mol. The van der Waals surface area contributed by atoms with Gasteiger partial charge in [-0.2, -0.15) is 5.01 Å². The maximum absolute atomic E-state index is 13.7. The highest BCUT2D eigenvalue weighted by Crippen LogP contribution is 2.29. The van der Waals surface area contributed by atoms with E-state index in [-0.39, 0.29) is 16.5 Å². The third kappa shape index (κ3) is 3.47. The first-order valence-corrected chi connectivity index (χ1v) is 8.37. The molecule has 2 aromatic rings. The Hall–Kier alpha value is -3.60. The lowest BCUT2D eigenvalue weighted by molar-refractivity contribution is -0.384. The van der Waals surface area contributed by atoms with Crippen molar-refractivity contribution in [1.82, 2.24) is 15.8 Å². The number of nitro groups is 1. The quantitative estimate of drug-likeness (QED) is 0.311. The van der Waals surface area contributed by atoms with Crippen molar-refractivity contribution in [3.8, 4) is 0 Å². The van der Waals surface area contributed by atoms with Gasteiger partial charge in [-0.1, -0.05) is 12.1 Å². The van der Waals surface area contributed by atoms with E-state index in [9.17, 15) is 24.1 Å². The van der Waals surface area contributed by atoms with Gasteiger partial charge in [0.2, 0.25) is 0 Å². The molecule has 1 saturated heterocycles. The number of imide groups is 1. The SMILES string of the molecule is C[C@@]1(c2ccc([N+](=O)[O-])cc2)NC(=O)N(NC(=S)Nc2ccccc2F)C1=O. The van der Waals surface area contributed by atoms with Gasteiger partial charge in [-0.25, -0.2) is 9.18 Å². The Labute approximate surface area is 163 Å². The van der Waals surface area contributed by atoms with Gasteiger partial charge in [0.15, 0.2) is 5.11 Å². The number of nitrogens with one attached hydrogen (secondary N) is 3. The van der Waals surface area contributed by atoms with Crippen molar-refractivity contribution in [3.63, 3.8) is 0 Å². The molecular formula is C17H14FN5O4S. The molecule has 0 aliphatic carbocycles. The lowest BCUT2D eigenvalue weighted by Gasteiger charge is -2.22. The predicted molar refractivity (Wildman–Crippen MR) is 102 cm³/mol. The first-order chi connectivity index (χ1) is 13.2. The predicted octanol–water partition coefficient (Wildman–Crippen LogP) is 2.40. The maximum Gasteiger partial charge on any atom is 0.344 e. The van der Waals surface area contributed by atoms with Gasteiger partial charge in [-0.05, 0) is 49.0 Å². The van der Waals surface area contributed by atoms with E-state index in [1.165, 1.54) is 49.4 Å². The molecule has 1 atom stereocenters. The van der Waals surface area contributed by atoms with Crippen molar-refractivity contribution >= 4 is 40.6 Å². The molecular weight excluding hydrogens is 389 g/mol. The summed E-state index contributed by atoms with van der Waals surface area (Å²) in [7, 11) is 0. The summed E-state index contributed by atoms with van der Waals surface area (Å²) in [6.07, 6.45) is 0. The van der Waals surface area contributed by atoms with E-state index >= 15 is 0 Å². The van der Waals surface area contributed by atoms with Crippen molar-refractivity contribution in [2.24, 2.45) is 0 Å². The van der Waals surface area contributed by atoms with Gasteiger partial charge in [-0.15, -0.1) is 0 Å². The zero-order valence-electron chi connectivity index (χ0n) is 14.4. The minimum absolute atomic E-state index is 0.0742. The molecule has 0 unspecified atom stereocenters. The second-order valence-corrected chi connectivity index (χ2v) is 6.45. The van der Waals surface area contributed by atoms with Gasteiger partial charge in [0.1, 0.15) is 11.4 Å².